The average Bonchev–Trinajstić information content (AvgIpc) is 2.23. The molecule has 1 aromatic carbocycles. The molecule has 0 radical (unpaired) electrons. The van der Waals surface area contributed by atoms with E-state index >= 15 is 0 Å². The van der Waals surface area contributed by atoms with Crippen LogP contribution in [0.5, 0.6) is 0 Å². The van der Waals surface area contributed by atoms with Crippen molar-refractivity contribution in [2.45, 2.75) is 46.0 Å². The summed E-state index contributed by atoms with van der Waals surface area (Å²) in [5, 5.41) is 0. The first-order valence-electron chi connectivity index (χ1n) is 6.16. The van der Waals surface area contributed by atoms with Crippen LogP contribution in [-0.2, 0) is 24.1 Å². The van der Waals surface area contributed by atoms with Crippen molar-refractivity contribution < 1.29 is 9.18 Å². The summed E-state index contributed by atoms with van der Waals surface area (Å²) < 4.78 is 13.5. The molecule has 0 aliphatic carbocycles. The maximum atomic E-state index is 13.5. The summed E-state index contributed by atoms with van der Waals surface area (Å²) in [7, 11) is 0. The zero-order chi connectivity index (χ0) is 12.8. The lowest BCUT2D eigenvalue weighted by molar-refractivity contribution is -0.117. The van der Waals surface area contributed by atoms with E-state index in [1.807, 2.05) is 13.8 Å². The van der Waals surface area contributed by atoms with Crippen LogP contribution in [0.25, 0.3) is 0 Å². The lowest BCUT2D eigenvalue weighted by Gasteiger charge is -2.13. The third-order valence-electron chi connectivity index (χ3n) is 2.79. The van der Waals surface area contributed by atoms with Gasteiger partial charge >= 0.3 is 0 Å². The van der Waals surface area contributed by atoms with Gasteiger partial charge in [-0.2, -0.15) is 0 Å². The summed E-state index contributed by atoms with van der Waals surface area (Å²) in [6.45, 7) is 4.08. The minimum atomic E-state index is -0.355. The van der Waals surface area contributed by atoms with E-state index in [2.05, 4.69) is 0 Å². The zero-order valence-electron chi connectivity index (χ0n) is 10.6. The van der Waals surface area contributed by atoms with Crippen LogP contribution in [0.3, 0.4) is 0 Å². The van der Waals surface area contributed by atoms with Gasteiger partial charge in [-0.3, -0.25) is 4.79 Å². The molecule has 0 saturated heterocycles. The van der Waals surface area contributed by atoms with Crippen LogP contribution in [0.2, 0.25) is 0 Å². The minimum absolute atomic E-state index is 0.213. The van der Waals surface area contributed by atoms with Crippen molar-refractivity contribution in [1.29, 1.82) is 0 Å². The van der Waals surface area contributed by atoms with E-state index in [0.717, 1.165) is 42.4 Å². The predicted octanol–water partition coefficient (Wildman–Crippen LogP) is 2.76. The van der Waals surface area contributed by atoms with E-state index in [4.69, 9.17) is 5.73 Å². The van der Waals surface area contributed by atoms with Gasteiger partial charge in [0.1, 0.15) is 5.82 Å². The van der Waals surface area contributed by atoms with Crippen molar-refractivity contribution in [2.24, 2.45) is 5.73 Å². The topological polar surface area (TPSA) is 43.1 Å². The molecule has 2 N–H and O–H groups in total. The molecular formula is C14H20FNO. The second kappa shape index (κ2) is 6.38. The first-order valence-corrected chi connectivity index (χ1v) is 6.16. The monoisotopic (exact) mass is 237 g/mol. The first kappa shape index (κ1) is 13.7. The van der Waals surface area contributed by atoms with E-state index in [0.29, 0.717) is 0 Å². The van der Waals surface area contributed by atoms with Crippen molar-refractivity contribution in [3.05, 3.63) is 34.6 Å². The number of benzene rings is 1. The number of halogens is 1. The van der Waals surface area contributed by atoms with Gasteiger partial charge in [0.25, 0.3) is 0 Å². The van der Waals surface area contributed by atoms with Crippen LogP contribution < -0.4 is 5.73 Å². The van der Waals surface area contributed by atoms with Crippen molar-refractivity contribution in [1.82, 2.24) is 0 Å². The quantitative estimate of drug-likeness (QED) is 0.812. The maximum absolute atomic E-state index is 13.5. The SMILES string of the molecule is CCCc1cc(F)cc(CCC)c1CC(N)=O. The van der Waals surface area contributed by atoms with E-state index in [1.165, 1.54) is 12.1 Å². The Hall–Kier alpha value is -1.38. The molecule has 3 heteroatoms. The molecule has 0 unspecified atom stereocenters. The highest BCUT2D eigenvalue weighted by Gasteiger charge is 2.12. The first-order chi connectivity index (χ1) is 8.08. The molecule has 1 aromatic rings. The molecule has 1 rings (SSSR count). The molecule has 0 aliphatic heterocycles. The third kappa shape index (κ3) is 3.84. The maximum Gasteiger partial charge on any atom is 0.221 e. The Balaban J connectivity index is 3.19. The van der Waals surface area contributed by atoms with Crippen molar-refractivity contribution >= 4 is 5.91 Å². The number of hydrogen-bond donors (Lipinski definition) is 1. The number of nitrogens with two attached hydrogens (primary N) is 1. The number of rotatable bonds is 6. The number of primary amides is 1. The standard InChI is InChI=1S/C14H20FNO/c1-3-5-10-7-12(15)8-11(6-4-2)13(10)9-14(16)17/h7-8H,3-6,9H2,1-2H3,(H2,16,17). The Bertz CT molecular complexity index is 374. The van der Waals surface area contributed by atoms with E-state index in [1.54, 1.807) is 0 Å². The summed E-state index contributed by atoms with van der Waals surface area (Å²) in [5.74, 6) is -0.573. The van der Waals surface area contributed by atoms with Gasteiger partial charge in [-0.25, -0.2) is 4.39 Å². The molecule has 17 heavy (non-hydrogen) atoms. The molecule has 1 amide bonds. The second-order valence-corrected chi connectivity index (χ2v) is 4.35. The van der Waals surface area contributed by atoms with E-state index < -0.39 is 0 Å². The fourth-order valence-corrected chi connectivity index (χ4v) is 2.14. The molecule has 0 atom stereocenters. The summed E-state index contributed by atoms with van der Waals surface area (Å²) in [4.78, 5) is 11.1. The molecule has 2 nitrogen and oxygen atoms in total. The Morgan fingerprint density at radius 2 is 1.65 bits per heavy atom. The van der Waals surface area contributed by atoms with Crippen molar-refractivity contribution in [3.8, 4) is 0 Å². The van der Waals surface area contributed by atoms with Gasteiger partial charge in [0.05, 0.1) is 6.42 Å². The van der Waals surface area contributed by atoms with Crippen LogP contribution in [0.15, 0.2) is 12.1 Å². The van der Waals surface area contributed by atoms with Gasteiger partial charge in [0.2, 0.25) is 5.91 Å². The highest BCUT2D eigenvalue weighted by Crippen LogP contribution is 2.21. The Labute approximate surface area is 102 Å². The van der Waals surface area contributed by atoms with Gasteiger partial charge in [-0.15, -0.1) is 0 Å². The van der Waals surface area contributed by atoms with Crippen LogP contribution in [0.4, 0.5) is 4.39 Å². The van der Waals surface area contributed by atoms with Crippen LogP contribution in [0.1, 0.15) is 43.4 Å². The lowest BCUT2D eigenvalue weighted by atomic mass is 9.93. The predicted molar refractivity (Wildman–Crippen MR) is 67.3 cm³/mol. The summed E-state index contributed by atoms with van der Waals surface area (Å²) >= 11 is 0. The zero-order valence-corrected chi connectivity index (χ0v) is 10.6. The molecule has 0 spiro atoms. The Kier molecular flexibility index (Phi) is 5.13. The summed E-state index contributed by atoms with van der Waals surface area (Å²) in [6, 6.07) is 3.06. The van der Waals surface area contributed by atoms with Crippen LogP contribution >= 0.6 is 0 Å². The fraction of sp³-hybridized carbons (Fsp3) is 0.500. The van der Waals surface area contributed by atoms with E-state index in [-0.39, 0.29) is 18.1 Å². The van der Waals surface area contributed by atoms with Crippen molar-refractivity contribution in [3.63, 3.8) is 0 Å². The molecule has 0 fully saturated rings. The summed E-state index contributed by atoms with van der Waals surface area (Å²) in [5.41, 5.74) is 8.04. The molecule has 0 aromatic heterocycles. The van der Waals surface area contributed by atoms with Crippen LogP contribution in [-0.4, -0.2) is 5.91 Å². The van der Waals surface area contributed by atoms with Gasteiger partial charge in [0.15, 0.2) is 0 Å². The lowest BCUT2D eigenvalue weighted by Crippen LogP contribution is -2.16. The minimum Gasteiger partial charge on any atom is -0.369 e. The molecule has 0 saturated carbocycles. The van der Waals surface area contributed by atoms with Gasteiger partial charge < -0.3 is 5.73 Å². The highest BCUT2D eigenvalue weighted by molar-refractivity contribution is 5.77. The van der Waals surface area contributed by atoms with Gasteiger partial charge in [-0.1, -0.05) is 26.7 Å². The van der Waals surface area contributed by atoms with E-state index in [9.17, 15) is 9.18 Å². The molecule has 0 bridgehead atoms. The van der Waals surface area contributed by atoms with Crippen molar-refractivity contribution in [2.75, 3.05) is 0 Å². The molecule has 0 aliphatic rings. The second-order valence-electron chi connectivity index (χ2n) is 4.35. The Morgan fingerprint density at radius 1 is 1.18 bits per heavy atom. The molecule has 94 valence electrons. The fourth-order valence-electron chi connectivity index (χ4n) is 2.14. The third-order valence-corrected chi connectivity index (χ3v) is 2.79. The molecular weight excluding hydrogens is 217 g/mol. The number of aryl methyl sites for hydroxylation is 2. The smallest absolute Gasteiger partial charge is 0.221 e. The number of carbonyl (C=O) groups excluding carboxylic acids is 1. The summed E-state index contributed by atoms with van der Waals surface area (Å²) in [6.07, 6.45) is 3.65. The number of hydrogen-bond acceptors (Lipinski definition) is 1. The van der Waals surface area contributed by atoms with Gasteiger partial charge in [0, 0.05) is 0 Å². The Morgan fingerprint density at radius 3 is 2.00 bits per heavy atom. The average molecular weight is 237 g/mol. The normalized spacial score (nSPS) is 10.5. The number of carbonyl (C=O) groups is 1. The van der Waals surface area contributed by atoms with Crippen LogP contribution in [0, 0.1) is 5.82 Å². The van der Waals surface area contributed by atoms with Gasteiger partial charge in [-0.05, 0) is 41.7 Å². The molecule has 0 heterocycles. The highest BCUT2D eigenvalue weighted by atomic mass is 19.1. The largest absolute Gasteiger partial charge is 0.369 e. The number of amides is 1.